The molecule has 0 aromatic carbocycles. The number of cyclic esters (lactones) is 1. The van der Waals surface area contributed by atoms with Crippen LogP contribution in [0.1, 0.15) is 132 Å². The molecule has 0 spiro atoms. The van der Waals surface area contributed by atoms with Crippen LogP contribution in [0.25, 0.3) is 0 Å². The molecule has 1 amide bonds. The number of carbonyl (C=O) groups is 5. The molecular weight excluding hydrogens is 921 g/mol. The highest BCUT2D eigenvalue weighted by atomic mass is 32.2. The number of carbonyl (C=O) groups excluding carboxylic acids is 5. The van der Waals surface area contributed by atoms with Crippen molar-refractivity contribution >= 4 is 39.2 Å². The molecule has 0 aromatic heterocycles. The van der Waals surface area contributed by atoms with Crippen molar-refractivity contribution in [2.24, 2.45) is 35.5 Å². The summed E-state index contributed by atoms with van der Waals surface area (Å²) in [5.74, 6) is -8.14. The number of ether oxygens (including phenoxy) is 5. The van der Waals surface area contributed by atoms with Gasteiger partial charge in [-0.1, -0.05) is 76.1 Å². The molecule has 4 aliphatic rings. The van der Waals surface area contributed by atoms with Crippen LogP contribution in [-0.2, 0) is 57.7 Å². The van der Waals surface area contributed by atoms with Gasteiger partial charge in [0.2, 0.25) is 15.8 Å². The van der Waals surface area contributed by atoms with Crippen molar-refractivity contribution in [2.75, 3.05) is 34.1 Å². The fraction of sp³-hybridized carbons (Fsp3) is 0.755. The Hall–Kier alpha value is -3.42. The normalized spacial score (nSPS) is 37.8. The molecule has 70 heavy (non-hydrogen) atoms. The van der Waals surface area contributed by atoms with Gasteiger partial charge in [-0.05, 0) is 115 Å². The summed E-state index contributed by atoms with van der Waals surface area (Å²) in [5, 5.41) is 23.3. The molecule has 1 saturated heterocycles. The van der Waals surface area contributed by atoms with E-state index in [0.29, 0.717) is 42.7 Å². The number of amides is 1. The van der Waals surface area contributed by atoms with Gasteiger partial charge in [0.1, 0.15) is 30.1 Å². The third-order valence-electron chi connectivity index (χ3n) is 15.3. The Balaban J connectivity index is 1.65. The first kappa shape index (κ1) is 59.1. The third kappa shape index (κ3) is 16.6. The number of fused-ring (bicyclic) bond motifs is 2. The zero-order chi connectivity index (χ0) is 52.1. The van der Waals surface area contributed by atoms with E-state index < -0.39 is 87.7 Å². The molecular formula is C53H84N2O14S. The average molecular weight is 1010 g/mol. The molecule has 17 heteroatoms. The Morgan fingerprint density at radius 3 is 2.21 bits per heavy atom. The van der Waals surface area contributed by atoms with E-state index in [2.05, 4.69) is 4.72 Å². The number of allylic oxidation sites excluding steroid dienone is 6. The fourth-order valence-corrected chi connectivity index (χ4v) is 10.8. The van der Waals surface area contributed by atoms with E-state index in [9.17, 15) is 42.6 Å². The van der Waals surface area contributed by atoms with E-state index in [0.717, 1.165) is 37.0 Å². The highest BCUT2D eigenvalue weighted by Crippen LogP contribution is 2.38. The monoisotopic (exact) mass is 1000 g/mol. The molecule has 6 unspecified atom stereocenters. The van der Waals surface area contributed by atoms with E-state index in [1.165, 1.54) is 40.3 Å². The van der Waals surface area contributed by atoms with Crippen molar-refractivity contribution in [3.63, 3.8) is 0 Å². The number of hydrogen-bond donors (Lipinski definition) is 3. The van der Waals surface area contributed by atoms with Crippen molar-refractivity contribution in [1.82, 2.24) is 9.62 Å². The highest BCUT2D eigenvalue weighted by molar-refractivity contribution is 7.88. The molecule has 2 bridgehead atoms. The molecule has 2 heterocycles. The standard InChI is InChI=1S/C53H84N2O14S/c1-32-18-15-13-12-14-16-19-33(2)47(57)49(66-10)48(58)36(5)26-34(3)43(56)30-45(35(4)27-40-23-25-44(46(28-40)65-9)67-31-39-20-17-21-39)68-52(61)38(7)55(8)51(60)50(59)53(62)37(6)22-24-41(69-53)29-42(32)54-70(11,63)64/h12-15,18,26,33-35,37-42,44-46,48-49,54,58,62H,16-17,19-25,27-31H2,1-11H3/b14-12+,15-13+,32-18+,36-26+/t33?,34?,35-,37+,38?,40+,41-,42+,44-,45?,46-,48?,49?,53+/m1/s1. The molecule has 14 atom stereocenters. The van der Waals surface area contributed by atoms with Gasteiger partial charge in [0, 0.05) is 58.1 Å². The van der Waals surface area contributed by atoms with Crippen LogP contribution in [0.2, 0.25) is 0 Å². The maximum Gasteiger partial charge on any atom is 0.328 e. The first-order chi connectivity index (χ1) is 32.9. The second kappa shape index (κ2) is 27.0. The lowest BCUT2D eigenvalue weighted by Gasteiger charge is -2.42. The number of nitrogens with zero attached hydrogens (tertiary/aromatic N) is 1. The van der Waals surface area contributed by atoms with Crippen molar-refractivity contribution in [2.45, 2.75) is 186 Å². The van der Waals surface area contributed by atoms with Gasteiger partial charge in [-0.25, -0.2) is 17.9 Å². The van der Waals surface area contributed by atoms with Gasteiger partial charge in [0.25, 0.3) is 11.7 Å². The molecule has 2 saturated carbocycles. The van der Waals surface area contributed by atoms with E-state index >= 15 is 0 Å². The van der Waals surface area contributed by atoms with E-state index in [-0.39, 0.29) is 54.9 Å². The molecule has 16 nitrogen and oxygen atoms in total. The lowest BCUT2D eigenvalue weighted by Crippen LogP contribution is -2.59. The zero-order valence-electron chi connectivity index (χ0n) is 43.6. The summed E-state index contributed by atoms with van der Waals surface area (Å²) in [4.78, 5) is 70.8. The van der Waals surface area contributed by atoms with E-state index in [1.54, 1.807) is 72.1 Å². The SMILES string of the molecule is COC1C(=O)C(C)CC/C=C/C=C/C=C(\C)[C@@H](NS(C)(=O)=O)C[C@H]2CC[C@H](C)[C@](O)(O2)C(=O)C(=O)N(C)C(C)C(=O)OC([C@H](C)C[C@@H]2CC[C@@H](OCC3CCC3)[C@H](OC)C2)CC(=O)C(C)/C=C(\C)C1O. The van der Waals surface area contributed by atoms with Gasteiger partial charge in [0.05, 0.1) is 24.6 Å². The number of nitrogens with one attached hydrogen (secondary N) is 1. The van der Waals surface area contributed by atoms with Crippen molar-refractivity contribution in [1.29, 1.82) is 0 Å². The van der Waals surface area contributed by atoms with Gasteiger partial charge < -0.3 is 38.8 Å². The smallest absolute Gasteiger partial charge is 0.328 e. The Labute approximate surface area is 417 Å². The quantitative estimate of drug-likeness (QED) is 0.127. The van der Waals surface area contributed by atoms with Crippen molar-refractivity contribution in [3.8, 4) is 0 Å². The first-order valence-corrected chi connectivity index (χ1v) is 27.3. The number of sulfonamides is 1. The lowest BCUT2D eigenvalue weighted by atomic mass is 9.78. The number of Topliss-reactive ketones (excluding diaryl/α,β-unsaturated/α-hetero) is 3. The Kier molecular flexibility index (Phi) is 22.8. The van der Waals surface area contributed by atoms with Gasteiger partial charge in [-0.2, -0.15) is 0 Å². The summed E-state index contributed by atoms with van der Waals surface area (Å²) in [6, 6.07) is -2.13. The van der Waals surface area contributed by atoms with Crippen molar-refractivity contribution in [3.05, 3.63) is 47.6 Å². The molecule has 396 valence electrons. The number of ketones is 3. The van der Waals surface area contributed by atoms with Gasteiger partial charge in [-0.3, -0.25) is 19.2 Å². The molecule has 0 aromatic rings. The number of methoxy groups -OCH3 is 2. The predicted octanol–water partition coefficient (Wildman–Crippen LogP) is 6.13. The van der Waals surface area contributed by atoms with Gasteiger partial charge in [0.15, 0.2) is 5.78 Å². The van der Waals surface area contributed by atoms with Crippen molar-refractivity contribution < 1.29 is 66.3 Å². The minimum Gasteiger partial charge on any atom is -0.460 e. The molecule has 2 aliphatic heterocycles. The van der Waals surface area contributed by atoms with Crippen LogP contribution in [0.4, 0.5) is 0 Å². The molecule has 0 radical (unpaired) electrons. The summed E-state index contributed by atoms with van der Waals surface area (Å²) < 4.78 is 57.6. The predicted molar refractivity (Wildman–Crippen MR) is 266 cm³/mol. The average Bonchev–Trinajstić information content (AvgIpc) is 3.29. The van der Waals surface area contributed by atoms with Crippen LogP contribution >= 0.6 is 0 Å². The maximum atomic E-state index is 14.1. The maximum absolute atomic E-state index is 14.1. The van der Waals surface area contributed by atoms with Gasteiger partial charge in [-0.15, -0.1) is 0 Å². The van der Waals surface area contributed by atoms with Gasteiger partial charge >= 0.3 is 5.97 Å². The van der Waals surface area contributed by atoms with E-state index in [1.807, 2.05) is 13.0 Å². The summed E-state index contributed by atoms with van der Waals surface area (Å²) in [5.41, 5.74) is 0.983. The van der Waals surface area contributed by atoms with Crippen LogP contribution in [0.5, 0.6) is 0 Å². The number of esters is 1. The van der Waals surface area contributed by atoms with E-state index in [4.69, 9.17) is 23.7 Å². The summed E-state index contributed by atoms with van der Waals surface area (Å²) in [6.07, 6.45) is 15.1. The Morgan fingerprint density at radius 1 is 0.886 bits per heavy atom. The summed E-state index contributed by atoms with van der Waals surface area (Å²) >= 11 is 0. The number of hydrogen-bond acceptors (Lipinski definition) is 14. The number of aliphatic hydroxyl groups is 2. The summed E-state index contributed by atoms with van der Waals surface area (Å²) in [7, 11) is 0.564. The molecule has 2 aliphatic carbocycles. The number of rotatable bonds is 10. The Morgan fingerprint density at radius 2 is 1.59 bits per heavy atom. The minimum absolute atomic E-state index is 0.0215. The second-order valence-electron chi connectivity index (χ2n) is 20.9. The molecule has 3 N–H and O–H groups in total. The number of aliphatic hydroxyl groups excluding tert-OH is 1. The van der Waals surface area contributed by atoms with Crippen LogP contribution in [-0.4, -0.2) is 141 Å². The summed E-state index contributed by atoms with van der Waals surface area (Å²) in [6.45, 7) is 12.4. The van der Waals surface area contributed by atoms with Crippen LogP contribution in [0.3, 0.4) is 0 Å². The minimum atomic E-state index is -3.73. The van der Waals surface area contributed by atoms with Crippen LogP contribution < -0.4 is 4.72 Å². The highest BCUT2D eigenvalue weighted by Gasteiger charge is 2.52. The zero-order valence-corrected chi connectivity index (χ0v) is 44.4. The third-order valence-corrected chi connectivity index (χ3v) is 16.0. The largest absolute Gasteiger partial charge is 0.460 e. The van der Waals surface area contributed by atoms with Crippen LogP contribution in [0, 0.1) is 35.5 Å². The van der Waals surface area contributed by atoms with Crippen LogP contribution in [0.15, 0.2) is 47.6 Å². The topological polar surface area (TPSA) is 221 Å². The lowest BCUT2D eigenvalue weighted by molar-refractivity contribution is -0.263. The number of likely N-dealkylation sites (N-methyl/N-ethyl adjacent to an activating group) is 1. The fourth-order valence-electron chi connectivity index (χ4n) is 9.98. The Bertz CT molecular complexity index is 2030. The molecule has 3 fully saturated rings. The first-order valence-electron chi connectivity index (χ1n) is 25.4. The molecule has 4 rings (SSSR count). The second-order valence-corrected chi connectivity index (χ2v) is 22.7.